The van der Waals surface area contributed by atoms with E-state index in [1.54, 1.807) is 14.2 Å². The Bertz CT molecular complexity index is 1320. The molecule has 2 atom stereocenters. The molecule has 2 unspecified atom stereocenters. The molecule has 2 aromatic carbocycles. The number of para-hydroxylation sites is 1. The number of ketones is 1. The third kappa shape index (κ3) is 5.26. The Hall–Kier alpha value is -3.39. The van der Waals surface area contributed by atoms with E-state index in [1.807, 2.05) is 18.3 Å². The van der Waals surface area contributed by atoms with Crippen molar-refractivity contribution in [2.45, 2.75) is 57.0 Å². The molecule has 0 bridgehead atoms. The summed E-state index contributed by atoms with van der Waals surface area (Å²) in [4.78, 5) is 28.3. The Morgan fingerprint density at radius 3 is 2.49 bits per heavy atom. The molecule has 3 aromatic rings. The Balaban J connectivity index is 1.20. The number of hydrogen-bond donors (Lipinski definition) is 1. The van der Waals surface area contributed by atoms with Gasteiger partial charge < -0.3 is 19.7 Å². The molecule has 8 heteroatoms. The minimum Gasteiger partial charge on any atom is -0.493 e. The second-order valence-electron chi connectivity index (χ2n) is 11.1. The van der Waals surface area contributed by atoms with Gasteiger partial charge in [-0.25, -0.2) is 9.97 Å². The zero-order valence-corrected chi connectivity index (χ0v) is 23.1. The number of aromatic nitrogens is 2. The van der Waals surface area contributed by atoms with Gasteiger partial charge in [0.2, 0.25) is 5.95 Å². The van der Waals surface area contributed by atoms with Crippen molar-refractivity contribution >= 4 is 28.3 Å². The highest BCUT2D eigenvalue weighted by molar-refractivity contribution is 5.88. The molecule has 39 heavy (non-hydrogen) atoms. The fraction of sp³-hybridized carbons (Fsp3) is 0.516. The third-order valence-corrected chi connectivity index (χ3v) is 8.83. The summed E-state index contributed by atoms with van der Waals surface area (Å²) < 4.78 is 10.9. The first kappa shape index (κ1) is 25.9. The lowest BCUT2D eigenvalue weighted by molar-refractivity contribution is -0.130. The predicted octanol–water partition coefficient (Wildman–Crippen LogP) is 4.71. The van der Waals surface area contributed by atoms with E-state index >= 15 is 0 Å². The number of carbonyl (C=O) groups excluding carboxylic acids is 1. The van der Waals surface area contributed by atoms with Crippen LogP contribution < -0.4 is 19.7 Å². The fourth-order valence-electron chi connectivity index (χ4n) is 6.66. The van der Waals surface area contributed by atoms with Gasteiger partial charge in [0.05, 0.1) is 25.8 Å². The van der Waals surface area contributed by atoms with Gasteiger partial charge in [0.25, 0.3) is 0 Å². The number of aryl methyl sites for hydroxylation is 1. The maximum absolute atomic E-state index is 14.1. The van der Waals surface area contributed by atoms with Crippen LogP contribution in [-0.2, 0) is 11.2 Å². The van der Waals surface area contributed by atoms with E-state index in [2.05, 4.69) is 44.4 Å². The number of rotatable bonds is 7. The van der Waals surface area contributed by atoms with Gasteiger partial charge >= 0.3 is 0 Å². The lowest BCUT2D eigenvalue weighted by atomic mass is 9.80. The summed E-state index contributed by atoms with van der Waals surface area (Å²) in [5.41, 5.74) is 3.37. The summed E-state index contributed by atoms with van der Waals surface area (Å²) >= 11 is 0. The summed E-state index contributed by atoms with van der Waals surface area (Å²) in [5, 5.41) is 4.69. The van der Waals surface area contributed by atoms with Crippen molar-refractivity contribution in [1.82, 2.24) is 14.9 Å². The first-order valence-corrected chi connectivity index (χ1v) is 14.4. The van der Waals surface area contributed by atoms with E-state index in [1.165, 1.54) is 30.5 Å². The van der Waals surface area contributed by atoms with Gasteiger partial charge in [0.15, 0.2) is 17.3 Å². The van der Waals surface area contributed by atoms with E-state index in [-0.39, 0.29) is 18.0 Å². The molecular formula is C31H39N5O3. The molecule has 0 amide bonds. The highest BCUT2D eigenvalue weighted by Crippen LogP contribution is 2.34. The summed E-state index contributed by atoms with van der Waals surface area (Å²) in [6.07, 6.45) is 9.54. The summed E-state index contributed by atoms with van der Waals surface area (Å²) in [5.74, 6) is 2.68. The summed E-state index contributed by atoms with van der Waals surface area (Å²) in [7, 11) is 3.27. The minimum atomic E-state index is -0.0992. The van der Waals surface area contributed by atoms with Crippen LogP contribution in [0.2, 0.25) is 0 Å². The van der Waals surface area contributed by atoms with Crippen LogP contribution in [0, 0.1) is 5.92 Å². The molecule has 8 nitrogen and oxygen atoms in total. The van der Waals surface area contributed by atoms with Crippen LogP contribution in [0.1, 0.15) is 44.1 Å². The molecule has 1 aliphatic carbocycles. The van der Waals surface area contributed by atoms with Gasteiger partial charge in [0, 0.05) is 61.5 Å². The molecule has 1 saturated heterocycles. The van der Waals surface area contributed by atoms with Crippen LogP contribution in [0.15, 0.2) is 42.6 Å². The van der Waals surface area contributed by atoms with E-state index < -0.39 is 0 Å². The van der Waals surface area contributed by atoms with Crippen molar-refractivity contribution in [2.75, 3.05) is 50.6 Å². The molecule has 2 fully saturated rings. The molecule has 1 N–H and O–H groups in total. The smallest absolute Gasteiger partial charge is 0.225 e. The quantitative estimate of drug-likeness (QED) is 0.471. The molecule has 0 spiro atoms. The number of anilines is 2. The second-order valence-corrected chi connectivity index (χ2v) is 11.1. The maximum atomic E-state index is 14.1. The van der Waals surface area contributed by atoms with Crippen LogP contribution in [0.3, 0.4) is 0 Å². The van der Waals surface area contributed by atoms with Crippen LogP contribution in [0.4, 0.5) is 11.6 Å². The Labute approximate surface area is 230 Å². The number of fused-ring (bicyclic) bond motifs is 2. The lowest BCUT2D eigenvalue weighted by Crippen LogP contribution is -2.60. The summed E-state index contributed by atoms with van der Waals surface area (Å²) in [6, 6.07) is 12.4. The van der Waals surface area contributed by atoms with Crippen molar-refractivity contribution in [3.8, 4) is 11.5 Å². The molecule has 2 aliphatic heterocycles. The largest absolute Gasteiger partial charge is 0.493 e. The topological polar surface area (TPSA) is 79.8 Å². The fourth-order valence-corrected chi connectivity index (χ4v) is 6.66. The van der Waals surface area contributed by atoms with Gasteiger partial charge in [-0.15, -0.1) is 0 Å². The normalized spacial score (nSPS) is 21.2. The van der Waals surface area contributed by atoms with Crippen molar-refractivity contribution in [3.63, 3.8) is 0 Å². The Kier molecular flexibility index (Phi) is 7.55. The van der Waals surface area contributed by atoms with Crippen LogP contribution in [0.25, 0.3) is 10.9 Å². The molecule has 6 rings (SSSR count). The monoisotopic (exact) mass is 529 g/mol. The van der Waals surface area contributed by atoms with E-state index in [0.29, 0.717) is 23.2 Å². The van der Waals surface area contributed by atoms with E-state index in [9.17, 15) is 4.79 Å². The van der Waals surface area contributed by atoms with Gasteiger partial charge in [-0.3, -0.25) is 9.69 Å². The van der Waals surface area contributed by atoms with E-state index in [0.717, 1.165) is 62.8 Å². The predicted molar refractivity (Wildman–Crippen MR) is 154 cm³/mol. The molecule has 0 radical (unpaired) electrons. The first-order chi connectivity index (χ1) is 19.1. The highest BCUT2D eigenvalue weighted by Gasteiger charge is 2.40. The van der Waals surface area contributed by atoms with Crippen LogP contribution in [0.5, 0.6) is 11.5 Å². The van der Waals surface area contributed by atoms with Gasteiger partial charge in [-0.2, -0.15) is 0 Å². The number of benzene rings is 2. The summed E-state index contributed by atoms with van der Waals surface area (Å²) in [6.45, 7) is 3.21. The van der Waals surface area contributed by atoms with Crippen molar-refractivity contribution in [2.24, 2.45) is 5.92 Å². The average molecular weight is 530 g/mol. The molecule has 206 valence electrons. The number of hydrogen-bond acceptors (Lipinski definition) is 8. The van der Waals surface area contributed by atoms with Gasteiger partial charge in [-0.05, 0) is 43.4 Å². The van der Waals surface area contributed by atoms with Crippen LogP contribution in [-0.4, -0.2) is 73.1 Å². The van der Waals surface area contributed by atoms with Crippen molar-refractivity contribution < 1.29 is 14.3 Å². The number of piperazine rings is 1. The number of nitrogens with one attached hydrogen (secondary N) is 1. The zero-order chi connectivity index (χ0) is 26.8. The first-order valence-electron chi connectivity index (χ1n) is 14.4. The van der Waals surface area contributed by atoms with Crippen molar-refractivity contribution in [1.29, 1.82) is 0 Å². The molecule has 1 aromatic heterocycles. The molecule has 1 saturated carbocycles. The maximum Gasteiger partial charge on any atom is 0.225 e. The minimum absolute atomic E-state index is 0.0992. The third-order valence-electron chi connectivity index (χ3n) is 8.83. The zero-order valence-electron chi connectivity index (χ0n) is 23.1. The average Bonchev–Trinajstić information content (AvgIpc) is 3.00. The number of Topliss-reactive ketones (excluding diaryl/α,β-unsaturated/α-hetero) is 1. The van der Waals surface area contributed by atoms with Gasteiger partial charge in [-0.1, -0.05) is 37.5 Å². The standard InChI is InChI=1S/C31H39N5O3/c1-38-27-18-23-20-32-31(34-26(23)19-28(27)39-2)36-16-14-35(15-17-36)29(30(37)22-9-4-3-5-10-22)25-13-12-21-8-6-7-11-24(21)33-25/h6-8,11,18-20,22,25,29,33H,3-5,9-10,12-17H2,1-2H3. The molecule has 3 aliphatic rings. The van der Waals surface area contributed by atoms with Crippen molar-refractivity contribution in [3.05, 3.63) is 48.2 Å². The number of ether oxygens (including phenoxy) is 2. The number of methoxy groups -OCH3 is 2. The molecular weight excluding hydrogens is 490 g/mol. The highest BCUT2D eigenvalue weighted by atomic mass is 16.5. The van der Waals surface area contributed by atoms with Crippen LogP contribution >= 0.6 is 0 Å². The second kappa shape index (κ2) is 11.4. The lowest BCUT2D eigenvalue weighted by Gasteiger charge is -2.44. The van der Waals surface area contributed by atoms with Gasteiger partial charge in [0.1, 0.15) is 0 Å². The Morgan fingerprint density at radius 2 is 1.72 bits per heavy atom. The SMILES string of the molecule is COc1cc2cnc(N3CCN(C(C(=O)C4CCCCC4)C4CCc5ccccc5N4)CC3)nc2cc1OC. The van der Waals surface area contributed by atoms with E-state index in [4.69, 9.17) is 14.5 Å². The molecule has 3 heterocycles. The number of carbonyl (C=O) groups is 1. The number of nitrogens with zero attached hydrogens (tertiary/aromatic N) is 4. The Morgan fingerprint density at radius 1 is 0.974 bits per heavy atom.